The summed E-state index contributed by atoms with van der Waals surface area (Å²) in [6.07, 6.45) is 5.09. The van der Waals surface area contributed by atoms with Crippen LogP contribution in [-0.4, -0.2) is 36.6 Å². The number of furan rings is 1. The normalized spacial score (nSPS) is 23.7. The molecule has 0 spiro atoms. The van der Waals surface area contributed by atoms with E-state index in [1.807, 2.05) is 36.4 Å². The SMILES string of the molecule is O=S1(=O)c2ccc(-c3ccoc3)cc2C2CN(Cc3ccccn3)CC21. The van der Waals surface area contributed by atoms with Crippen LogP contribution in [0.3, 0.4) is 0 Å². The lowest BCUT2D eigenvalue weighted by Crippen LogP contribution is -2.26. The number of benzene rings is 1. The highest BCUT2D eigenvalue weighted by Crippen LogP contribution is 2.46. The van der Waals surface area contributed by atoms with E-state index in [0.29, 0.717) is 18.0 Å². The lowest BCUT2D eigenvalue weighted by Gasteiger charge is -2.16. The molecule has 2 unspecified atom stereocenters. The molecule has 4 heterocycles. The third-order valence-electron chi connectivity index (χ3n) is 5.42. The summed E-state index contributed by atoms with van der Waals surface area (Å²) in [6, 6.07) is 13.4. The maximum atomic E-state index is 13.0. The molecule has 2 aliphatic heterocycles. The number of aromatic nitrogens is 1. The minimum absolute atomic E-state index is 0.0190. The summed E-state index contributed by atoms with van der Waals surface area (Å²) in [4.78, 5) is 7.06. The van der Waals surface area contributed by atoms with Crippen molar-refractivity contribution in [3.8, 4) is 11.1 Å². The lowest BCUT2D eigenvalue weighted by atomic mass is 9.95. The van der Waals surface area contributed by atoms with Crippen LogP contribution in [0.15, 0.2) is 70.5 Å². The number of likely N-dealkylation sites (tertiary alicyclic amines) is 1. The molecule has 1 saturated heterocycles. The highest BCUT2D eigenvalue weighted by molar-refractivity contribution is 7.92. The Bertz CT molecular complexity index is 1050. The van der Waals surface area contributed by atoms with Gasteiger partial charge >= 0.3 is 0 Å². The molecule has 0 saturated carbocycles. The van der Waals surface area contributed by atoms with Crippen molar-refractivity contribution in [1.82, 2.24) is 9.88 Å². The molecule has 2 aromatic heterocycles. The van der Waals surface area contributed by atoms with Gasteiger partial charge in [-0.15, -0.1) is 0 Å². The van der Waals surface area contributed by atoms with Crippen molar-refractivity contribution in [1.29, 1.82) is 0 Å². The molecule has 0 N–H and O–H groups in total. The monoisotopic (exact) mass is 366 g/mol. The molecule has 2 atom stereocenters. The number of hydrogen-bond donors (Lipinski definition) is 0. The Hall–Kier alpha value is -2.44. The van der Waals surface area contributed by atoms with E-state index in [2.05, 4.69) is 9.88 Å². The van der Waals surface area contributed by atoms with Gasteiger partial charge in [-0.1, -0.05) is 12.1 Å². The van der Waals surface area contributed by atoms with Crippen molar-refractivity contribution in [2.75, 3.05) is 13.1 Å². The van der Waals surface area contributed by atoms with Crippen LogP contribution in [-0.2, 0) is 16.4 Å². The topological polar surface area (TPSA) is 63.4 Å². The Morgan fingerprint density at radius 1 is 1.12 bits per heavy atom. The van der Waals surface area contributed by atoms with Crippen molar-refractivity contribution in [3.63, 3.8) is 0 Å². The quantitative estimate of drug-likeness (QED) is 0.713. The van der Waals surface area contributed by atoms with Crippen LogP contribution < -0.4 is 0 Å². The van der Waals surface area contributed by atoms with Gasteiger partial charge in [-0.2, -0.15) is 0 Å². The van der Waals surface area contributed by atoms with E-state index in [1.54, 1.807) is 24.8 Å². The number of hydrogen-bond acceptors (Lipinski definition) is 5. The summed E-state index contributed by atoms with van der Waals surface area (Å²) < 4.78 is 31.2. The van der Waals surface area contributed by atoms with Crippen LogP contribution in [0.1, 0.15) is 17.2 Å². The Morgan fingerprint density at radius 3 is 2.81 bits per heavy atom. The second-order valence-corrected chi connectivity index (χ2v) is 9.11. The first-order valence-corrected chi connectivity index (χ1v) is 10.2. The van der Waals surface area contributed by atoms with E-state index in [0.717, 1.165) is 28.9 Å². The van der Waals surface area contributed by atoms with Gasteiger partial charge in [-0.3, -0.25) is 9.88 Å². The zero-order valence-corrected chi connectivity index (χ0v) is 14.9. The summed E-state index contributed by atoms with van der Waals surface area (Å²) in [7, 11) is -3.28. The van der Waals surface area contributed by atoms with Crippen LogP contribution in [0, 0.1) is 0 Å². The number of fused-ring (bicyclic) bond motifs is 3. The van der Waals surface area contributed by atoms with Gasteiger partial charge < -0.3 is 4.42 Å². The number of sulfone groups is 1. The second-order valence-electron chi connectivity index (χ2n) is 6.97. The molecule has 0 amide bonds. The van der Waals surface area contributed by atoms with E-state index >= 15 is 0 Å². The van der Waals surface area contributed by atoms with Crippen LogP contribution in [0.2, 0.25) is 0 Å². The van der Waals surface area contributed by atoms with E-state index < -0.39 is 9.84 Å². The average molecular weight is 366 g/mol. The van der Waals surface area contributed by atoms with Gasteiger partial charge in [0.25, 0.3) is 0 Å². The van der Waals surface area contributed by atoms with Gasteiger partial charge in [0.2, 0.25) is 0 Å². The predicted octanol–water partition coefficient (Wildman–Crippen LogP) is 3.10. The van der Waals surface area contributed by atoms with Crippen LogP contribution >= 0.6 is 0 Å². The highest BCUT2D eigenvalue weighted by Gasteiger charge is 2.50. The fourth-order valence-corrected chi connectivity index (χ4v) is 6.38. The average Bonchev–Trinajstić information content (AvgIpc) is 3.35. The Kier molecular flexibility index (Phi) is 3.52. The fourth-order valence-electron chi connectivity index (χ4n) is 4.18. The number of nitrogens with zero attached hydrogens (tertiary/aromatic N) is 2. The minimum Gasteiger partial charge on any atom is -0.472 e. The lowest BCUT2D eigenvalue weighted by molar-refractivity contribution is 0.321. The van der Waals surface area contributed by atoms with Gasteiger partial charge in [0.15, 0.2) is 9.84 Å². The first kappa shape index (κ1) is 15.8. The van der Waals surface area contributed by atoms with Crippen molar-refractivity contribution >= 4 is 9.84 Å². The van der Waals surface area contributed by atoms with E-state index in [9.17, 15) is 8.42 Å². The molecule has 1 fully saturated rings. The molecule has 5 rings (SSSR count). The molecule has 6 heteroatoms. The van der Waals surface area contributed by atoms with E-state index in [1.165, 1.54) is 0 Å². The van der Waals surface area contributed by atoms with Crippen molar-refractivity contribution in [3.05, 3.63) is 72.4 Å². The zero-order chi connectivity index (χ0) is 17.7. The smallest absolute Gasteiger partial charge is 0.183 e. The number of rotatable bonds is 3. The molecule has 26 heavy (non-hydrogen) atoms. The Balaban J connectivity index is 1.49. The molecule has 132 valence electrons. The van der Waals surface area contributed by atoms with Crippen LogP contribution in [0.25, 0.3) is 11.1 Å². The van der Waals surface area contributed by atoms with Crippen molar-refractivity contribution in [2.45, 2.75) is 22.6 Å². The highest BCUT2D eigenvalue weighted by atomic mass is 32.2. The summed E-state index contributed by atoms with van der Waals surface area (Å²) >= 11 is 0. The molecular weight excluding hydrogens is 348 g/mol. The summed E-state index contributed by atoms with van der Waals surface area (Å²) in [6.45, 7) is 1.97. The van der Waals surface area contributed by atoms with Crippen molar-refractivity contribution < 1.29 is 12.8 Å². The third-order valence-corrected chi connectivity index (χ3v) is 7.68. The third kappa shape index (κ3) is 2.40. The molecule has 0 bridgehead atoms. The first-order chi connectivity index (χ1) is 12.6. The zero-order valence-electron chi connectivity index (χ0n) is 14.1. The maximum absolute atomic E-state index is 13.0. The Labute approximate surface area is 152 Å². The molecule has 3 aromatic rings. The molecule has 2 aliphatic rings. The second kappa shape index (κ2) is 5.79. The molecule has 5 nitrogen and oxygen atoms in total. The standard InChI is InChI=1S/C20H18N2O3S/c23-26(24)19-5-4-14(15-6-8-25-13-15)9-17(19)18-11-22(12-20(18)26)10-16-3-1-2-7-21-16/h1-9,13,18,20H,10-12H2. The summed E-state index contributed by atoms with van der Waals surface area (Å²) in [5, 5.41) is -0.360. The summed E-state index contributed by atoms with van der Waals surface area (Å²) in [5.74, 6) is 0.0190. The maximum Gasteiger partial charge on any atom is 0.183 e. The summed E-state index contributed by atoms with van der Waals surface area (Å²) in [5.41, 5.74) is 3.88. The van der Waals surface area contributed by atoms with E-state index in [-0.39, 0.29) is 11.2 Å². The van der Waals surface area contributed by atoms with Gasteiger partial charge in [0.05, 0.1) is 28.4 Å². The van der Waals surface area contributed by atoms with Gasteiger partial charge in [-0.25, -0.2) is 8.42 Å². The Morgan fingerprint density at radius 2 is 2.04 bits per heavy atom. The van der Waals surface area contributed by atoms with Gasteiger partial charge in [-0.05, 0) is 41.5 Å². The fraction of sp³-hybridized carbons (Fsp3) is 0.250. The molecular formula is C20H18N2O3S. The largest absolute Gasteiger partial charge is 0.472 e. The number of pyridine rings is 1. The first-order valence-electron chi connectivity index (χ1n) is 8.65. The van der Waals surface area contributed by atoms with Gasteiger partial charge in [0, 0.05) is 37.3 Å². The minimum atomic E-state index is -3.28. The van der Waals surface area contributed by atoms with Gasteiger partial charge in [0.1, 0.15) is 0 Å². The van der Waals surface area contributed by atoms with Crippen LogP contribution in [0.5, 0.6) is 0 Å². The van der Waals surface area contributed by atoms with E-state index in [4.69, 9.17) is 4.42 Å². The van der Waals surface area contributed by atoms with Crippen LogP contribution in [0.4, 0.5) is 0 Å². The predicted molar refractivity (Wildman–Crippen MR) is 97.4 cm³/mol. The molecule has 0 radical (unpaired) electrons. The molecule has 0 aliphatic carbocycles. The molecule has 1 aromatic carbocycles. The van der Waals surface area contributed by atoms with Crippen molar-refractivity contribution in [2.24, 2.45) is 0 Å².